The van der Waals surface area contributed by atoms with Gasteiger partial charge in [-0.1, -0.05) is 0 Å². The van der Waals surface area contributed by atoms with Gasteiger partial charge in [0, 0.05) is 0 Å². The Hall–Kier alpha value is -1.26. The summed E-state index contributed by atoms with van der Waals surface area (Å²) in [6, 6.07) is 7.58. The van der Waals surface area contributed by atoms with E-state index in [1.165, 1.54) is 44.6 Å². The minimum absolute atomic E-state index is 0.230. The molecule has 106 valence electrons. The molecule has 21 heavy (non-hydrogen) atoms. The maximum absolute atomic E-state index is 12.6. The standard InChI is InChI=1S/C17H19NO2.Ga/c19-15(9-7-12-4-1-2-5-12)13-8-10-16(20)17-14(13)6-3-11-18-17;/h3,6,8,10-12,20H,1-2,4-5,7,9H2;/q;+1/p-1. The number of carbonyl (C=O) groups is 1. The number of Topliss-reactive ketones (excluding diaryl/α,β-unsaturated/α-hetero) is 1. The fourth-order valence-corrected chi connectivity index (χ4v) is 3.65. The zero-order valence-electron chi connectivity index (χ0n) is 12.0. The molecule has 1 aromatic carbocycles. The fourth-order valence-electron chi connectivity index (χ4n) is 3.25. The molecule has 0 aliphatic heterocycles. The summed E-state index contributed by atoms with van der Waals surface area (Å²) in [6.45, 7) is 0. The Kier molecular flexibility index (Phi) is 4.65. The summed E-state index contributed by atoms with van der Waals surface area (Å²) in [5.74, 6) is 1.73. The minimum atomic E-state index is 0.230. The van der Waals surface area contributed by atoms with Crippen LogP contribution in [0.2, 0.25) is 0 Å². The number of fused-ring (bicyclic) bond motifs is 1. The van der Waals surface area contributed by atoms with E-state index in [0.29, 0.717) is 6.42 Å². The third-order valence-electron chi connectivity index (χ3n) is 4.41. The van der Waals surface area contributed by atoms with Gasteiger partial charge in [-0.25, -0.2) is 0 Å². The fraction of sp³-hybridized carbons (Fsp3) is 0.412. The molecule has 0 spiro atoms. The number of rotatable bonds is 5. The van der Waals surface area contributed by atoms with E-state index >= 15 is 0 Å². The Balaban J connectivity index is 1.84. The van der Waals surface area contributed by atoms with Crippen LogP contribution in [0.5, 0.6) is 5.75 Å². The predicted octanol–water partition coefficient (Wildman–Crippen LogP) is 3.85. The van der Waals surface area contributed by atoms with Gasteiger partial charge in [0.05, 0.1) is 0 Å². The Bertz CT molecular complexity index is 650. The van der Waals surface area contributed by atoms with Gasteiger partial charge in [-0.2, -0.15) is 0 Å². The predicted molar refractivity (Wildman–Crippen MR) is 83.6 cm³/mol. The normalized spacial score (nSPS) is 15.4. The van der Waals surface area contributed by atoms with Crippen LogP contribution in [0.15, 0.2) is 30.5 Å². The molecular weight excluding hydrogens is 320 g/mol. The molecule has 1 fully saturated rings. The molecule has 3 rings (SSSR count). The summed E-state index contributed by atoms with van der Waals surface area (Å²) < 4.78 is 5.39. The van der Waals surface area contributed by atoms with Crippen molar-refractivity contribution in [1.82, 2.24) is 4.98 Å². The van der Waals surface area contributed by atoms with Crippen LogP contribution in [0, 0.1) is 5.92 Å². The molecule has 0 unspecified atom stereocenters. The molecule has 4 heteroatoms. The van der Waals surface area contributed by atoms with Crippen LogP contribution in [-0.2, 0) is 0 Å². The molecule has 1 aliphatic carbocycles. The van der Waals surface area contributed by atoms with Crippen LogP contribution >= 0.6 is 0 Å². The second-order valence-corrected chi connectivity index (χ2v) is 6.24. The Morgan fingerprint density at radius 3 is 2.86 bits per heavy atom. The molecule has 3 nitrogen and oxygen atoms in total. The first kappa shape index (κ1) is 14.7. The van der Waals surface area contributed by atoms with Crippen molar-refractivity contribution in [2.75, 3.05) is 0 Å². The molecule has 2 radical (unpaired) electrons. The van der Waals surface area contributed by atoms with Crippen LogP contribution < -0.4 is 3.53 Å². The van der Waals surface area contributed by atoms with Crippen molar-refractivity contribution in [3.8, 4) is 5.75 Å². The molecule has 1 aromatic heterocycles. The van der Waals surface area contributed by atoms with Crippen LogP contribution in [0.3, 0.4) is 0 Å². The molecular formula is C17H18GaNO2. The Morgan fingerprint density at radius 1 is 1.29 bits per heavy atom. The van der Waals surface area contributed by atoms with Gasteiger partial charge in [-0.05, 0) is 0 Å². The summed E-state index contributed by atoms with van der Waals surface area (Å²) >= 11 is 1.18. The summed E-state index contributed by atoms with van der Waals surface area (Å²) in [5.41, 5.74) is 1.57. The number of benzene rings is 1. The van der Waals surface area contributed by atoms with Gasteiger partial charge in [-0.15, -0.1) is 0 Å². The topological polar surface area (TPSA) is 39.2 Å². The first-order valence-corrected chi connectivity index (χ1v) is 8.56. The summed E-state index contributed by atoms with van der Waals surface area (Å²) in [6.07, 6.45) is 8.65. The molecule has 1 aliphatic rings. The zero-order chi connectivity index (χ0) is 14.7. The molecule has 0 amide bonds. The van der Waals surface area contributed by atoms with E-state index < -0.39 is 0 Å². The van der Waals surface area contributed by atoms with Gasteiger partial charge < -0.3 is 0 Å². The van der Waals surface area contributed by atoms with Gasteiger partial charge in [0.15, 0.2) is 0 Å². The monoisotopic (exact) mass is 337 g/mol. The number of hydrogen-bond donors (Lipinski definition) is 0. The van der Waals surface area contributed by atoms with Crippen molar-refractivity contribution < 1.29 is 8.32 Å². The summed E-state index contributed by atoms with van der Waals surface area (Å²) in [4.78, 5) is 16.9. The van der Waals surface area contributed by atoms with E-state index in [1.807, 2.05) is 24.3 Å². The van der Waals surface area contributed by atoms with Gasteiger partial charge in [0.25, 0.3) is 0 Å². The number of hydrogen-bond acceptors (Lipinski definition) is 3. The molecule has 0 atom stereocenters. The van der Waals surface area contributed by atoms with Gasteiger partial charge in [0.2, 0.25) is 0 Å². The second-order valence-electron chi connectivity index (χ2n) is 5.74. The van der Waals surface area contributed by atoms with E-state index in [0.717, 1.165) is 34.6 Å². The number of ketones is 1. The number of nitrogens with zero attached hydrogens (tertiary/aromatic N) is 1. The van der Waals surface area contributed by atoms with Crippen molar-refractivity contribution in [3.63, 3.8) is 0 Å². The van der Waals surface area contributed by atoms with Crippen molar-refractivity contribution in [1.29, 1.82) is 0 Å². The van der Waals surface area contributed by atoms with Crippen molar-refractivity contribution in [2.45, 2.75) is 38.5 Å². The van der Waals surface area contributed by atoms with Gasteiger partial charge >= 0.3 is 135 Å². The SMILES string of the molecule is O=C(CCC1CCCC1)c1ccc([O][Ga])c2ncccc12. The quantitative estimate of drug-likeness (QED) is 0.614. The molecule has 0 bridgehead atoms. The Morgan fingerprint density at radius 2 is 2.10 bits per heavy atom. The maximum atomic E-state index is 12.6. The van der Waals surface area contributed by atoms with Gasteiger partial charge in [-0.3, -0.25) is 0 Å². The molecule has 1 heterocycles. The summed E-state index contributed by atoms with van der Waals surface area (Å²) in [5, 5.41) is 0.907. The number of carbonyl (C=O) groups excluding carboxylic acids is 1. The average Bonchev–Trinajstić information content (AvgIpc) is 3.05. The third-order valence-corrected chi connectivity index (χ3v) is 4.95. The van der Waals surface area contributed by atoms with Crippen LogP contribution in [0.1, 0.15) is 48.9 Å². The van der Waals surface area contributed by atoms with Crippen LogP contribution in [0.25, 0.3) is 10.9 Å². The van der Waals surface area contributed by atoms with Gasteiger partial charge in [0.1, 0.15) is 0 Å². The van der Waals surface area contributed by atoms with E-state index in [2.05, 4.69) is 4.98 Å². The van der Waals surface area contributed by atoms with E-state index in [-0.39, 0.29) is 5.78 Å². The van der Waals surface area contributed by atoms with Crippen LogP contribution in [0.4, 0.5) is 0 Å². The summed E-state index contributed by atoms with van der Waals surface area (Å²) in [7, 11) is 0. The van der Waals surface area contributed by atoms with Crippen molar-refractivity contribution in [2.24, 2.45) is 5.92 Å². The Labute approximate surface area is 135 Å². The first-order chi connectivity index (χ1) is 10.3. The van der Waals surface area contributed by atoms with Crippen LogP contribution in [-0.4, -0.2) is 29.7 Å². The molecule has 0 saturated heterocycles. The molecule has 2 aromatic rings. The molecule has 0 N–H and O–H groups in total. The van der Waals surface area contributed by atoms with Crippen molar-refractivity contribution in [3.05, 3.63) is 36.0 Å². The van der Waals surface area contributed by atoms with E-state index in [4.69, 9.17) is 3.53 Å². The first-order valence-electron chi connectivity index (χ1n) is 7.57. The van der Waals surface area contributed by atoms with E-state index in [9.17, 15) is 4.79 Å². The average molecular weight is 338 g/mol. The van der Waals surface area contributed by atoms with Crippen molar-refractivity contribution >= 4 is 35.7 Å². The molecule has 1 saturated carbocycles. The second kappa shape index (κ2) is 6.67. The third kappa shape index (κ3) is 3.16. The zero-order valence-corrected chi connectivity index (χ0v) is 14.5. The number of aromatic nitrogens is 1. The number of pyridine rings is 1. The van der Waals surface area contributed by atoms with E-state index in [1.54, 1.807) is 6.20 Å².